The van der Waals surface area contributed by atoms with Gasteiger partial charge in [0.2, 0.25) is 0 Å². The van der Waals surface area contributed by atoms with E-state index in [2.05, 4.69) is 4.98 Å². The molecule has 21 heavy (non-hydrogen) atoms. The molecule has 1 aromatic heterocycles. The van der Waals surface area contributed by atoms with Crippen LogP contribution in [-0.2, 0) is 20.7 Å². The van der Waals surface area contributed by atoms with Gasteiger partial charge in [-0.15, -0.1) is 0 Å². The Hall–Kier alpha value is -0.920. The lowest BCUT2D eigenvalue weighted by molar-refractivity contribution is 0.00578. The zero-order valence-electron chi connectivity index (χ0n) is 13.3. The maximum atomic E-state index is 7.12. The smallest absolute Gasteiger partial charge is 0.430 e. The van der Waals surface area contributed by atoms with Crippen LogP contribution in [-0.4, -0.2) is 48.1 Å². The Morgan fingerprint density at radius 3 is 2.10 bits per heavy atom. The second kappa shape index (κ2) is 7.38. The maximum absolute atomic E-state index is 7.12. The first kappa shape index (κ1) is 18.1. The zero-order chi connectivity index (χ0) is 16.1. The molecule has 2 rings (SSSR count). The standard InChI is InChI=1S/C13H20BNO3.BH3O2/c1-12(2)13(3,4)18-14(17-12)10-6-7-11(9-16-5)15-8-10;2-1-3/h6-8H,9H2,1-5H3;1-3H. The molecule has 116 valence electrons. The number of hydrogen-bond donors (Lipinski definition) is 2. The summed E-state index contributed by atoms with van der Waals surface area (Å²) in [6, 6.07) is 3.91. The molecule has 1 fully saturated rings. The summed E-state index contributed by atoms with van der Waals surface area (Å²) in [6.45, 7) is 8.68. The van der Waals surface area contributed by atoms with Crippen LogP contribution in [0.2, 0.25) is 0 Å². The minimum Gasteiger partial charge on any atom is -0.430 e. The van der Waals surface area contributed by atoms with Gasteiger partial charge in [0.15, 0.2) is 0 Å². The van der Waals surface area contributed by atoms with E-state index in [1.165, 1.54) is 0 Å². The van der Waals surface area contributed by atoms with Crippen molar-refractivity contribution < 1.29 is 24.1 Å². The second-order valence-corrected chi connectivity index (χ2v) is 5.75. The van der Waals surface area contributed by atoms with Crippen LogP contribution in [0.3, 0.4) is 0 Å². The molecule has 0 amide bonds. The van der Waals surface area contributed by atoms with Crippen LogP contribution in [0.5, 0.6) is 0 Å². The molecule has 2 heterocycles. The van der Waals surface area contributed by atoms with E-state index in [1.807, 2.05) is 39.8 Å². The van der Waals surface area contributed by atoms with Crippen LogP contribution in [0, 0.1) is 0 Å². The highest BCUT2D eigenvalue weighted by atomic mass is 16.7. The quantitative estimate of drug-likeness (QED) is 0.749. The van der Waals surface area contributed by atoms with E-state index in [4.69, 9.17) is 24.1 Å². The molecule has 0 unspecified atom stereocenters. The largest absolute Gasteiger partial charge is 0.496 e. The van der Waals surface area contributed by atoms with Gasteiger partial charge in [-0.05, 0) is 33.8 Å². The second-order valence-electron chi connectivity index (χ2n) is 5.75. The molecule has 1 aliphatic heterocycles. The number of nitrogens with zero attached hydrogens (tertiary/aromatic N) is 1. The molecular weight excluding hydrogens is 272 g/mol. The van der Waals surface area contributed by atoms with Crippen LogP contribution in [0.15, 0.2) is 18.3 Å². The van der Waals surface area contributed by atoms with Crippen molar-refractivity contribution in [1.82, 2.24) is 4.98 Å². The van der Waals surface area contributed by atoms with Crippen LogP contribution in [0.1, 0.15) is 33.4 Å². The third kappa shape index (κ3) is 4.52. The lowest BCUT2D eigenvalue weighted by Gasteiger charge is -2.32. The molecule has 0 atom stereocenters. The fraction of sp³-hybridized carbons (Fsp3) is 0.615. The van der Waals surface area contributed by atoms with Gasteiger partial charge >= 0.3 is 14.8 Å². The van der Waals surface area contributed by atoms with Gasteiger partial charge in [0.05, 0.1) is 23.5 Å². The summed E-state index contributed by atoms with van der Waals surface area (Å²) in [5.74, 6) is 0. The predicted octanol–water partition coefficient (Wildman–Crippen LogP) is -0.235. The molecule has 0 saturated carbocycles. The summed E-state index contributed by atoms with van der Waals surface area (Å²) in [6.07, 6.45) is 1.79. The highest BCUT2D eigenvalue weighted by molar-refractivity contribution is 6.62. The average Bonchev–Trinajstić information content (AvgIpc) is 2.61. The third-order valence-corrected chi connectivity index (χ3v) is 3.67. The van der Waals surface area contributed by atoms with Gasteiger partial charge in [-0.2, -0.15) is 0 Å². The van der Waals surface area contributed by atoms with Crippen molar-refractivity contribution >= 4 is 20.3 Å². The first-order valence-corrected chi connectivity index (χ1v) is 6.78. The first-order valence-electron chi connectivity index (χ1n) is 6.78. The van der Waals surface area contributed by atoms with Gasteiger partial charge in [-0.1, -0.05) is 6.07 Å². The topological polar surface area (TPSA) is 81.0 Å². The Morgan fingerprint density at radius 2 is 1.71 bits per heavy atom. The Morgan fingerprint density at radius 1 is 1.19 bits per heavy atom. The van der Waals surface area contributed by atoms with Crippen LogP contribution in [0.25, 0.3) is 0 Å². The summed E-state index contributed by atoms with van der Waals surface area (Å²) in [5, 5.41) is 14.2. The summed E-state index contributed by atoms with van der Waals surface area (Å²) in [5.41, 5.74) is 1.21. The van der Waals surface area contributed by atoms with Gasteiger partial charge in [0.25, 0.3) is 0 Å². The van der Waals surface area contributed by atoms with Crippen LogP contribution < -0.4 is 5.46 Å². The zero-order valence-corrected chi connectivity index (χ0v) is 13.3. The van der Waals surface area contributed by atoms with E-state index >= 15 is 0 Å². The van der Waals surface area contributed by atoms with E-state index in [1.54, 1.807) is 13.3 Å². The number of pyridine rings is 1. The van der Waals surface area contributed by atoms with E-state index in [0.29, 0.717) is 6.61 Å². The third-order valence-electron chi connectivity index (χ3n) is 3.67. The lowest BCUT2D eigenvalue weighted by atomic mass is 9.80. The molecule has 8 heteroatoms. The van der Waals surface area contributed by atoms with Crippen molar-refractivity contribution in [3.8, 4) is 0 Å². The molecule has 0 aliphatic carbocycles. The van der Waals surface area contributed by atoms with Crippen molar-refractivity contribution in [2.75, 3.05) is 7.11 Å². The van der Waals surface area contributed by atoms with Crippen molar-refractivity contribution in [3.05, 3.63) is 24.0 Å². The average molecular weight is 295 g/mol. The van der Waals surface area contributed by atoms with E-state index in [-0.39, 0.29) is 18.3 Å². The molecule has 0 radical (unpaired) electrons. The minimum absolute atomic E-state index is 0.317. The van der Waals surface area contributed by atoms with Crippen molar-refractivity contribution in [2.24, 2.45) is 0 Å². The molecule has 2 N–H and O–H groups in total. The highest BCUT2D eigenvalue weighted by Gasteiger charge is 2.51. The van der Waals surface area contributed by atoms with Gasteiger partial charge in [-0.25, -0.2) is 0 Å². The SMILES string of the molecule is COCc1ccc(B2OC(C)(C)C(C)(C)O2)cn1.OBO. The first-order chi connectivity index (χ1) is 9.77. The molecule has 1 saturated heterocycles. The monoisotopic (exact) mass is 295 g/mol. The van der Waals surface area contributed by atoms with Gasteiger partial charge in [0.1, 0.15) is 0 Å². The fourth-order valence-electron chi connectivity index (χ4n) is 1.79. The Labute approximate surface area is 126 Å². The molecule has 1 aromatic rings. The summed E-state index contributed by atoms with van der Waals surface area (Å²) in [7, 11) is 0.559. The van der Waals surface area contributed by atoms with E-state index in [9.17, 15) is 0 Å². The molecule has 0 bridgehead atoms. The van der Waals surface area contributed by atoms with E-state index in [0.717, 1.165) is 11.2 Å². The predicted molar refractivity (Wildman–Crippen MR) is 82.3 cm³/mol. The number of hydrogen-bond acceptors (Lipinski definition) is 6. The van der Waals surface area contributed by atoms with Crippen molar-refractivity contribution in [3.63, 3.8) is 0 Å². The molecule has 0 aromatic carbocycles. The molecule has 1 aliphatic rings. The Balaban J connectivity index is 0.000000677. The normalized spacial score (nSPS) is 18.9. The van der Waals surface area contributed by atoms with Gasteiger partial charge < -0.3 is 24.1 Å². The highest BCUT2D eigenvalue weighted by Crippen LogP contribution is 2.36. The molecule has 6 nitrogen and oxygen atoms in total. The maximum Gasteiger partial charge on any atom is 0.496 e. The number of ether oxygens (including phenoxy) is 1. The van der Waals surface area contributed by atoms with E-state index < -0.39 is 7.69 Å². The summed E-state index contributed by atoms with van der Waals surface area (Å²) >= 11 is 0. The number of rotatable bonds is 3. The molecular formula is C13H23B2NO5. The Bertz CT molecular complexity index is 423. The summed E-state index contributed by atoms with van der Waals surface area (Å²) in [4.78, 5) is 4.32. The van der Waals surface area contributed by atoms with Gasteiger partial charge in [-0.3, -0.25) is 4.98 Å². The summed E-state index contributed by atoms with van der Waals surface area (Å²) < 4.78 is 16.9. The molecule has 0 spiro atoms. The number of aromatic nitrogens is 1. The van der Waals surface area contributed by atoms with Crippen LogP contribution in [0.4, 0.5) is 0 Å². The van der Waals surface area contributed by atoms with Crippen molar-refractivity contribution in [2.45, 2.75) is 45.5 Å². The number of methoxy groups -OCH3 is 1. The van der Waals surface area contributed by atoms with Crippen molar-refractivity contribution in [1.29, 1.82) is 0 Å². The fourth-order valence-corrected chi connectivity index (χ4v) is 1.79. The van der Waals surface area contributed by atoms with Crippen LogP contribution >= 0.6 is 0 Å². The lowest BCUT2D eigenvalue weighted by Crippen LogP contribution is -2.41. The minimum atomic E-state index is -0.750. The van der Waals surface area contributed by atoms with Gasteiger partial charge in [0, 0.05) is 18.8 Å². The Kier molecular flexibility index (Phi) is 6.37.